The first-order valence-corrected chi connectivity index (χ1v) is 10.4. The lowest BCUT2D eigenvalue weighted by Gasteiger charge is -2.36. The lowest BCUT2D eigenvalue weighted by Crippen LogP contribution is -2.38. The number of sulfonamides is 1. The Kier molecular flexibility index (Phi) is 6.14. The normalized spacial score (nSPS) is 20.1. The molecule has 2 aliphatic rings. The molecule has 0 aliphatic carbocycles. The molecule has 2 aliphatic heterocycles. The number of piperidine rings is 1. The van der Waals surface area contributed by atoms with E-state index in [-0.39, 0.29) is 5.56 Å². The van der Waals surface area contributed by atoms with Gasteiger partial charge in [-0.2, -0.15) is 24.2 Å². The maximum absolute atomic E-state index is 13.5. The Balaban J connectivity index is 2.10. The van der Waals surface area contributed by atoms with Crippen LogP contribution in [0.4, 0.5) is 18.9 Å². The fraction of sp³-hybridized carbons (Fsp3) is 0.600. The molecular weight excluding hydrogens is 399 g/mol. The van der Waals surface area contributed by atoms with Crippen molar-refractivity contribution in [3.8, 4) is 0 Å². The summed E-state index contributed by atoms with van der Waals surface area (Å²) in [5, 5.41) is 5.23. The first-order chi connectivity index (χ1) is 13.1. The molecule has 0 atom stereocenters. The number of halogens is 3. The minimum Gasteiger partial charge on any atom is -0.371 e. The predicted molar refractivity (Wildman–Crippen MR) is 96.7 cm³/mol. The maximum Gasteiger partial charge on any atom is 0.417 e. The van der Waals surface area contributed by atoms with Gasteiger partial charge in [0.05, 0.1) is 5.56 Å². The van der Waals surface area contributed by atoms with Crippen LogP contribution in [0.3, 0.4) is 0 Å². The Bertz CT molecular complexity index is 805. The van der Waals surface area contributed by atoms with E-state index in [0.29, 0.717) is 31.2 Å². The maximum atomic E-state index is 13.5. The van der Waals surface area contributed by atoms with Crippen LogP contribution in [0.15, 0.2) is 17.0 Å². The highest BCUT2D eigenvalue weighted by Crippen LogP contribution is 2.42. The Morgan fingerprint density at radius 2 is 1.75 bits per heavy atom. The van der Waals surface area contributed by atoms with Gasteiger partial charge < -0.3 is 10.6 Å². The highest BCUT2D eigenvalue weighted by molar-refractivity contribution is 7.89. The number of nitrogens with zero attached hydrogens (tertiary/aromatic N) is 1. The van der Waals surface area contributed by atoms with Gasteiger partial charge in [-0.1, -0.05) is 0 Å². The van der Waals surface area contributed by atoms with Gasteiger partial charge in [-0.25, -0.2) is 24.4 Å². The predicted octanol–water partition coefficient (Wildman–Crippen LogP) is 0.0336. The molecular formula is C15H24F3N7O2S. The summed E-state index contributed by atoms with van der Waals surface area (Å²) in [5.41, 5.74) is 15.0. The van der Waals surface area contributed by atoms with Gasteiger partial charge in [-0.3, -0.25) is 0 Å². The Labute approximate surface area is 161 Å². The molecule has 0 spiro atoms. The highest BCUT2D eigenvalue weighted by atomic mass is 32.2. The number of primary sulfonamides is 1. The van der Waals surface area contributed by atoms with Gasteiger partial charge in [0, 0.05) is 24.3 Å². The second kappa shape index (κ2) is 8.10. The van der Waals surface area contributed by atoms with Crippen LogP contribution in [0.5, 0.6) is 0 Å². The van der Waals surface area contributed by atoms with Crippen molar-refractivity contribution in [2.24, 2.45) is 16.8 Å². The molecule has 2 fully saturated rings. The number of alkyl halides is 3. The molecule has 3 rings (SSSR count). The standard InChI is InChI=1S/C15H24F3N7O2S/c16-15(17,18)10-1-2-11(25-7-4-9(3-6-19)5-8-25)12(13(10)28(20,26)27)14-21-23-24-22-14/h1-2,9,14,21-24H,3-8,19H2,(H2,20,26,27). The molecule has 8 N–H and O–H groups in total. The summed E-state index contributed by atoms with van der Waals surface area (Å²) in [4.78, 5) is 0.955. The van der Waals surface area contributed by atoms with Gasteiger partial charge in [0.2, 0.25) is 10.0 Å². The minimum atomic E-state index is -4.87. The number of hydrogen-bond acceptors (Lipinski definition) is 8. The van der Waals surface area contributed by atoms with Gasteiger partial charge in [-0.15, -0.1) is 0 Å². The average molecular weight is 423 g/mol. The van der Waals surface area contributed by atoms with Crippen LogP contribution in [0.1, 0.15) is 36.6 Å². The molecule has 9 nitrogen and oxygen atoms in total. The van der Waals surface area contributed by atoms with E-state index in [9.17, 15) is 21.6 Å². The molecule has 2 heterocycles. The molecule has 0 amide bonds. The largest absolute Gasteiger partial charge is 0.417 e. The molecule has 158 valence electrons. The fourth-order valence-electron chi connectivity index (χ4n) is 3.77. The average Bonchev–Trinajstić information content (AvgIpc) is 3.14. The van der Waals surface area contributed by atoms with E-state index < -0.39 is 32.8 Å². The number of nitrogens with two attached hydrogens (primary N) is 2. The first-order valence-electron chi connectivity index (χ1n) is 8.86. The van der Waals surface area contributed by atoms with Gasteiger partial charge in [0.1, 0.15) is 11.1 Å². The second-order valence-electron chi connectivity index (χ2n) is 6.90. The smallest absolute Gasteiger partial charge is 0.371 e. The lowest BCUT2D eigenvalue weighted by atomic mass is 9.92. The molecule has 13 heteroatoms. The SMILES string of the molecule is NCCC1CCN(c2ccc(C(F)(F)F)c(S(N)(=O)=O)c2C2NNNN2)CC1. The van der Waals surface area contributed by atoms with Crippen molar-refractivity contribution in [3.05, 3.63) is 23.3 Å². The third-order valence-electron chi connectivity index (χ3n) is 5.08. The van der Waals surface area contributed by atoms with Gasteiger partial charge >= 0.3 is 6.18 Å². The second-order valence-corrected chi connectivity index (χ2v) is 8.40. The zero-order valence-corrected chi connectivity index (χ0v) is 15.8. The number of nitrogens with one attached hydrogen (secondary N) is 4. The number of rotatable bonds is 5. The van der Waals surface area contributed by atoms with Crippen LogP contribution in [0.25, 0.3) is 0 Å². The summed E-state index contributed by atoms with van der Waals surface area (Å²) in [6.07, 6.45) is -3.28. The van der Waals surface area contributed by atoms with Crippen LogP contribution in [-0.2, 0) is 16.2 Å². The number of benzene rings is 1. The van der Waals surface area contributed by atoms with E-state index in [4.69, 9.17) is 10.9 Å². The van der Waals surface area contributed by atoms with E-state index in [2.05, 4.69) is 21.9 Å². The molecule has 2 saturated heterocycles. The number of anilines is 1. The number of hydrogen-bond donors (Lipinski definition) is 6. The molecule has 28 heavy (non-hydrogen) atoms. The summed E-state index contributed by atoms with van der Waals surface area (Å²) >= 11 is 0. The van der Waals surface area contributed by atoms with E-state index >= 15 is 0 Å². The third-order valence-corrected chi connectivity index (χ3v) is 6.09. The molecule has 0 saturated carbocycles. The van der Waals surface area contributed by atoms with Crippen LogP contribution < -0.4 is 37.7 Å². The first kappa shape index (κ1) is 21.2. The highest BCUT2D eigenvalue weighted by Gasteiger charge is 2.41. The topological polar surface area (TPSA) is 138 Å². The van der Waals surface area contributed by atoms with E-state index in [0.717, 1.165) is 25.3 Å². The third kappa shape index (κ3) is 4.40. The zero-order chi connectivity index (χ0) is 20.5. The minimum absolute atomic E-state index is 0.0768. The molecule has 1 aromatic rings. The quantitative estimate of drug-likeness (QED) is 0.390. The van der Waals surface area contributed by atoms with Crippen molar-refractivity contribution in [3.63, 3.8) is 0 Å². The van der Waals surface area contributed by atoms with Crippen LogP contribution in [0, 0.1) is 5.92 Å². The van der Waals surface area contributed by atoms with E-state index in [1.54, 1.807) is 0 Å². The fourth-order valence-corrected chi connectivity index (χ4v) is 4.79. The molecule has 0 bridgehead atoms. The van der Waals surface area contributed by atoms with Crippen molar-refractivity contribution < 1.29 is 21.6 Å². The Morgan fingerprint density at radius 1 is 1.14 bits per heavy atom. The van der Waals surface area contributed by atoms with Gasteiger partial charge in [0.15, 0.2) is 0 Å². The van der Waals surface area contributed by atoms with Crippen molar-refractivity contribution >= 4 is 15.7 Å². The zero-order valence-electron chi connectivity index (χ0n) is 15.0. The summed E-state index contributed by atoms with van der Waals surface area (Å²) in [5.74, 6) is 0.447. The van der Waals surface area contributed by atoms with Gasteiger partial charge in [0.25, 0.3) is 0 Å². The van der Waals surface area contributed by atoms with Gasteiger partial charge in [-0.05, 0) is 43.9 Å². The van der Waals surface area contributed by atoms with E-state index in [1.807, 2.05) is 4.90 Å². The monoisotopic (exact) mass is 423 g/mol. The Hall–Kier alpha value is -1.48. The Morgan fingerprint density at radius 3 is 2.25 bits per heavy atom. The lowest BCUT2D eigenvalue weighted by molar-refractivity contribution is -0.140. The van der Waals surface area contributed by atoms with Crippen LogP contribution in [-0.4, -0.2) is 28.1 Å². The molecule has 1 aromatic carbocycles. The molecule has 0 radical (unpaired) electrons. The van der Waals surface area contributed by atoms with Crippen LogP contribution >= 0.6 is 0 Å². The summed E-state index contributed by atoms with van der Waals surface area (Å²) in [6, 6.07) is 2.08. The van der Waals surface area contributed by atoms with Crippen molar-refractivity contribution in [2.75, 3.05) is 24.5 Å². The van der Waals surface area contributed by atoms with Crippen molar-refractivity contribution in [1.82, 2.24) is 21.9 Å². The number of hydrazine groups is 3. The van der Waals surface area contributed by atoms with Crippen LogP contribution in [0.2, 0.25) is 0 Å². The van der Waals surface area contributed by atoms with E-state index in [1.165, 1.54) is 6.07 Å². The summed E-state index contributed by atoms with van der Waals surface area (Å²) in [6.45, 7) is 1.75. The summed E-state index contributed by atoms with van der Waals surface area (Å²) in [7, 11) is -4.66. The van der Waals surface area contributed by atoms with Crippen molar-refractivity contribution in [1.29, 1.82) is 0 Å². The summed E-state index contributed by atoms with van der Waals surface area (Å²) < 4.78 is 65.0. The van der Waals surface area contributed by atoms with Crippen molar-refractivity contribution in [2.45, 2.75) is 36.5 Å². The molecule has 0 aromatic heterocycles. The molecule has 0 unspecified atom stereocenters.